The van der Waals surface area contributed by atoms with Crippen molar-refractivity contribution >= 4 is 16.8 Å². The van der Waals surface area contributed by atoms with Crippen LogP contribution in [0.25, 0.3) is 28.0 Å². The van der Waals surface area contributed by atoms with Crippen LogP contribution in [-0.4, -0.2) is 0 Å². The van der Waals surface area contributed by atoms with E-state index < -0.39 is 0 Å². The molecule has 0 spiro atoms. The van der Waals surface area contributed by atoms with E-state index in [0.717, 1.165) is 5.92 Å². The van der Waals surface area contributed by atoms with Crippen molar-refractivity contribution in [3.63, 3.8) is 0 Å². The van der Waals surface area contributed by atoms with Crippen LogP contribution in [0.1, 0.15) is 43.2 Å². The van der Waals surface area contributed by atoms with Crippen LogP contribution in [0.5, 0.6) is 0 Å². The molecule has 0 atom stereocenters. The molecule has 0 heterocycles. The molecule has 0 saturated heterocycles. The first-order valence-electron chi connectivity index (χ1n) is 9.54. The van der Waals surface area contributed by atoms with E-state index in [2.05, 4.69) is 73.2 Å². The molecule has 127 valence electrons. The van der Waals surface area contributed by atoms with Crippen LogP contribution in [0, 0.1) is 12.3 Å². The van der Waals surface area contributed by atoms with Crippen molar-refractivity contribution < 1.29 is 26.2 Å². The van der Waals surface area contributed by atoms with Crippen LogP contribution in [0.2, 0.25) is 0 Å². The molecule has 0 aromatic heterocycles. The van der Waals surface area contributed by atoms with Gasteiger partial charge in [0.05, 0.1) is 0 Å². The molecule has 2 aliphatic carbocycles. The number of fused-ring (bicyclic) bond motifs is 2. The standard InChI is InChI=1S/C25H23.Zr/c1-2-7-18(6-1)14-19-15-22-10-5-11-24(25(22)16-19)23-13-12-20-8-3-4-9-21(20)17-23;/h3-5,8-13,15-18H,1-2,6-7,14H2;. The van der Waals surface area contributed by atoms with Gasteiger partial charge in [0, 0.05) is 32.6 Å². The van der Waals surface area contributed by atoms with Crippen molar-refractivity contribution in [3.8, 4) is 11.1 Å². The molecular formula is C25H23Zr. The normalized spacial score (nSPS) is 16.4. The van der Waals surface area contributed by atoms with E-state index in [0.29, 0.717) is 0 Å². The van der Waals surface area contributed by atoms with Gasteiger partial charge in [0.25, 0.3) is 0 Å². The third-order valence-corrected chi connectivity index (χ3v) is 5.87. The first kappa shape index (κ1) is 17.9. The van der Waals surface area contributed by atoms with E-state index in [1.807, 2.05) is 0 Å². The smallest absolute Gasteiger partial charge is 0.0164 e. The zero-order valence-electron chi connectivity index (χ0n) is 15.0. The van der Waals surface area contributed by atoms with Crippen LogP contribution in [0.4, 0.5) is 0 Å². The van der Waals surface area contributed by atoms with E-state index in [4.69, 9.17) is 0 Å². The van der Waals surface area contributed by atoms with Gasteiger partial charge in [0.15, 0.2) is 0 Å². The number of hydrogen-bond acceptors (Lipinski definition) is 0. The van der Waals surface area contributed by atoms with Gasteiger partial charge in [-0.15, -0.1) is 0 Å². The predicted molar refractivity (Wildman–Crippen MR) is 107 cm³/mol. The molecular weight excluding hydrogens is 391 g/mol. The molecule has 26 heavy (non-hydrogen) atoms. The number of hydrogen-bond donors (Lipinski definition) is 0. The third kappa shape index (κ3) is 3.39. The summed E-state index contributed by atoms with van der Waals surface area (Å²) in [6.45, 7) is 0. The zero-order chi connectivity index (χ0) is 16.6. The SMILES string of the molecule is [CH]1C(CC2CCCC2)=Cc2c1cccc2-c1ccc2ccccc2c1.[Zr]. The second kappa shape index (κ2) is 7.65. The molecule has 1 heteroatoms. The molecule has 0 N–H and O–H groups in total. The van der Waals surface area contributed by atoms with Crippen molar-refractivity contribution in [1.82, 2.24) is 0 Å². The second-order valence-electron chi connectivity index (χ2n) is 7.59. The van der Waals surface area contributed by atoms with Gasteiger partial charge in [-0.3, -0.25) is 0 Å². The molecule has 0 unspecified atom stereocenters. The zero-order valence-corrected chi connectivity index (χ0v) is 17.5. The first-order chi connectivity index (χ1) is 12.4. The van der Waals surface area contributed by atoms with Gasteiger partial charge >= 0.3 is 0 Å². The van der Waals surface area contributed by atoms with E-state index >= 15 is 0 Å². The maximum Gasteiger partial charge on any atom is 0.0164 e. The van der Waals surface area contributed by atoms with E-state index in [1.165, 1.54) is 70.7 Å². The maximum atomic E-state index is 2.44. The average molecular weight is 415 g/mol. The molecule has 0 nitrogen and oxygen atoms in total. The van der Waals surface area contributed by atoms with Gasteiger partial charge in [0.2, 0.25) is 0 Å². The summed E-state index contributed by atoms with van der Waals surface area (Å²) in [5.41, 5.74) is 7.00. The van der Waals surface area contributed by atoms with Crippen molar-refractivity contribution in [2.75, 3.05) is 0 Å². The Balaban J connectivity index is 0.00000168. The topological polar surface area (TPSA) is 0 Å². The Labute approximate surface area is 175 Å². The molecule has 0 amide bonds. The summed E-state index contributed by atoms with van der Waals surface area (Å²) in [6, 6.07) is 22.2. The van der Waals surface area contributed by atoms with Gasteiger partial charge in [-0.25, -0.2) is 0 Å². The molecule has 0 aliphatic heterocycles. The van der Waals surface area contributed by atoms with Gasteiger partial charge < -0.3 is 0 Å². The van der Waals surface area contributed by atoms with Crippen LogP contribution < -0.4 is 0 Å². The summed E-state index contributed by atoms with van der Waals surface area (Å²) >= 11 is 0. The van der Waals surface area contributed by atoms with Gasteiger partial charge in [-0.1, -0.05) is 91.9 Å². The van der Waals surface area contributed by atoms with Crippen LogP contribution in [0.15, 0.2) is 66.2 Å². The minimum atomic E-state index is 0. The minimum Gasteiger partial charge on any atom is -0.0616 e. The van der Waals surface area contributed by atoms with Gasteiger partial charge in [0.1, 0.15) is 0 Å². The largest absolute Gasteiger partial charge is 0.0616 e. The van der Waals surface area contributed by atoms with Crippen molar-refractivity contribution in [2.24, 2.45) is 5.92 Å². The average Bonchev–Trinajstić information content (AvgIpc) is 3.30. The van der Waals surface area contributed by atoms with Crippen LogP contribution in [-0.2, 0) is 26.2 Å². The summed E-state index contributed by atoms with van der Waals surface area (Å²) in [7, 11) is 0. The molecule has 3 aromatic rings. The molecule has 5 rings (SSSR count). The molecule has 1 radical (unpaired) electrons. The first-order valence-corrected chi connectivity index (χ1v) is 9.54. The Bertz CT molecular complexity index is 961. The fourth-order valence-electron chi connectivity index (χ4n) is 4.57. The number of allylic oxidation sites excluding steroid dienone is 1. The Morgan fingerprint density at radius 2 is 1.62 bits per heavy atom. The van der Waals surface area contributed by atoms with Crippen molar-refractivity contribution in [1.29, 1.82) is 0 Å². The fourth-order valence-corrected chi connectivity index (χ4v) is 4.57. The minimum absolute atomic E-state index is 0. The molecule has 2 aliphatic rings. The fraction of sp³-hybridized carbons (Fsp3) is 0.240. The summed E-state index contributed by atoms with van der Waals surface area (Å²) in [4.78, 5) is 0. The Morgan fingerprint density at radius 1 is 0.808 bits per heavy atom. The number of benzene rings is 3. The Morgan fingerprint density at radius 3 is 2.46 bits per heavy atom. The maximum absolute atomic E-state index is 2.44. The second-order valence-corrected chi connectivity index (χ2v) is 7.59. The van der Waals surface area contributed by atoms with Gasteiger partial charge in [-0.05, 0) is 51.4 Å². The van der Waals surface area contributed by atoms with E-state index in [1.54, 1.807) is 0 Å². The summed E-state index contributed by atoms with van der Waals surface area (Å²) < 4.78 is 0. The summed E-state index contributed by atoms with van der Waals surface area (Å²) in [5.74, 6) is 0.904. The van der Waals surface area contributed by atoms with E-state index in [9.17, 15) is 0 Å². The monoisotopic (exact) mass is 413 g/mol. The molecule has 1 saturated carbocycles. The number of rotatable bonds is 3. The third-order valence-electron chi connectivity index (χ3n) is 5.87. The Kier molecular flexibility index (Phi) is 5.28. The van der Waals surface area contributed by atoms with E-state index in [-0.39, 0.29) is 26.2 Å². The van der Waals surface area contributed by atoms with Crippen LogP contribution >= 0.6 is 0 Å². The van der Waals surface area contributed by atoms with Gasteiger partial charge in [-0.2, -0.15) is 0 Å². The summed E-state index contributed by atoms with van der Waals surface area (Å²) in [6.07, 6.45) is 11.8. The molecule has 3 aromatic carbocycles. The molecule has 0 bridgehead atoms. The van der Waals surface area contributed by atoms with Crippen LogP contribution in [0.3, 0.4) is 0 Å². The Hall–Kier alpha value is -1.46. The quantitative estimate of drug-likeness (QED) is 0.431. The predicted octanol–water partition coefficient (Wildman–Crippen LogP) is 7.03. The van der Waals surface area contributed by atoms with Crippen molar-refractivity contribution in [3.05, 3.63) is 83.8 Å². The summed E-state index contributed by atoms with van der Waals surface area (Å²) in [5, 5.41) is 2.62. The molecule has 1 fully saturated rings. The van der Waals surface area contributed by atoms with Crippen molar-refractivity contribution in [2.45, 2.75) is 32.1 Å².